The summed E-state index contributed by atoms with van der Waals surface area (Å²) in [5.41, 5.74) is -0.0458. The van der Waals surface area contributed by atoms with Gasteiger partial charge in [-0.15, -0.1) is 0 Å². The van der Waals surface area contributed by atoms with E-state index >= 15 is 0 Å². The van der Waals surface area contributed by atoms with Gasteiger partial charge in [0.05, 0.1) is 0 Å². The van der Waals surface area contributed by atoms with Gasteiger partial charge < -0.3 is 5.11 Å². The molecular weight excluding hydrogens is 278 g/mol. The molecule has 4 heteroatoms. The molecule has 0 aromatic heterocycles. The first-order valence-corrected chi connectivity index (χ1v) is 10.1. The second-order valence-corrected chi connectivity index (χ2v) is 10.0. The van der Waals surface area contributed by atoms with Gasteiger partial charge in [0.15, 0.2) is 6.35 Å². The quantitative estimate of drug-likeness (QED) is 0.683. The minimum atomic E-state index is -2.40. The average Bonchev–Trinajstić information content (AvgIpc) is 2.46. The first-order valence-electron chi connectivity index (χ1n) is 8.15. The molecule has 2 nitrogen and oxygen atoms in total. The molecule has 110 valence electrons. The van der Waals surface area contributed by atoms with E-state index < -0.39 is 7.37 Å². The van der Waals surface area contributed by atoms with Crippen molar-refractivity contribution in [1.82, 2.24) is 0 Å². The fraction of sp³-hybridized carbons (Fsp3) is 0.647. The third-order valence-corrected chi connectivity index (χ3v) is 8.05. The largest absolute Gasteiger partial charge is 0.411 e. The maximum atomic E-state index is 9.94. The second-order valence-electron chi connectivity index (χ2n) is 7.46. The Balaban J connectivity index is 1.62. The lowest BCUT2D eigenvalue weighted by Gasteiger charge is -2.56. The van der Waals surface area contributed by atoms with Gasteiger partial charge in [0.2, 0.25) is 0 Å². The van der Waals surface area contributed by atoms with Gasteiger partial charge in [-0.3, -0.25) is 0 Å². The lowest BCUT2D eigenvalue weighted by Crippen LogP contribution is -2.52. The van der Waals surface area contributed by atoms with Crippen molar-refractivity contribution in [3.05, 3.63) is 30.3 Å². The number of hydrogen-bond donors (Lipinski definition) is 1. The molecule has 0 spiro atoms. The van der Waals surface area contributed by atoms with Gasteiger partial charge in [-0.25, -0.2) is 4.52 Å². The predicted octanol–water partition coefficient (Wildman–Crippen LogP) is 3.26. The molecule has 4 bridgehead atoms. The third kappa shape index (κ3) is 2.48. The fourth-order valence-corrected chi connectivity index (χ4v) is 7.25. The van der Waals surface area contributed by atoms with Crippen LogP contribution in [0.3, 0.4) is 0 Å². The van der Waals surface area contributed by atoms with E-state index in [0.717, 1.165) is 42.3 Å². The van der Waals surface area contributed by atoms with Crippen LogP contribution < -0.4 is 5.30 Å². The topological polar surface area (TPSA) is 29.5 Å². The molecule has 1 aromatic rings. The molecule has 0 aliphatic heterocycles. The molecule has 4 aliphatic carbocycles. The van der Waals surface area contributed by atoms with Gasteiger partial charge in [-0.05, 0) is 68.4 Å². The van der Waals surface area contributed by atoms with Crippen LogP contribution in [0.15, 0.2) is 30.3 Å². The van der Waals surface area contributed by atoms with Crippen LogP contribution in [0.5, 0.6) is 0 Å². The summed E-state index contributed by atoms with van der Waals surface area (Å²) in [4.78, 5) is 0. The van der Waals surface area contributed by atoms with Gasteiger partial charge in [-0.1, -0.05) is 18.2 Å². The molecule has 0 heterocycles. The predicted molar refractivity (Wildman–Crippen MR) is 87.8 cm³/mol. The Morgan fingerprint density at radius 3 is 2.05 bits per heavy atom. The first kappa shape index (κ1) is 14.2. The standard InChI is InChI=1S/C17H23BO2P/c18-21(12-19,16-4-2-1-3-5-16)20-17-9-13-6-14(10-17)8-15(7-13)11-17/h1-5,13-15,19H,6-12H2/q+1. The normalized spacial score (nSPS) is 40.1. The number of rotatable bonds is 4. The Bertz CT molecular complexity index is 485. The molecule has 4 aliphatic rings. The van der Waals surface area contributed by atoms with Crippen LogP contribution in [-0.4, -0.2) is 24.6 Å². The lowest BCUT2D eigenvalue weighted by molar-refractivity contribution is -0.104. The number of benzene rings is 1. The van der Waals surface area contributed by atoms with Crippen molar-refractivity contribution in [3.8, 4) is 0 Å². The summed E-state index contributed by atoms with van der Waals surface area (Å²) in [6, 6.07) is 9.95. The lowest BCUT2D eigenvalue weighted by atomic mass is 9.54. The van der Waals surface area contributed by atoms with Crippen molar-refractivity contribution in [2.45, 2.75) is 44.1 Å². The van der Waals surface area contributed by atoms with E-state index in [1.807, 2.05) is 30.3 Å². The van der Waals surface area contributed by atoms with Crippen LogP contribution in [0.25, 0.3) is 0 Å². The number of hydrogen-bond acceptors (Lipinski definition) is 2. The van der Waals surface area contributed by atoms with Crippen molar-refractivity contribution >= 4 is 20.2 Å². The van der Waals surface area contributed by atoms with Crippen molar-refractivity contribution < 1.29 is 9.63 Å². The van der Waals surface area contributed by atoms with Gasteiger partial charge in [-0.2, -0.15) is 0 Å². The molecule has 5 rings (SSSR count). The summed E-state index contributed by atoms with van der Waals surface area (Å²) in [7, 11) is 4.18. The molecule has 1 unspecified atom stereocenters. The highest BCUT2D eigenvalue weighted by molar-refractivity contribution is 7.99. The minimum absolute atomic E-state index is 0.0458. The highest BCUT2D eigenvalue weighted by Gasteiger charge is 2.56. The van der Waals surface area contributed by atoms with E-state index in [4.69, 9.17) is 12.1 Å². The maximum absolute atomic E-state index is 9.94. The molecule has 4 fully saturated rings. The molecule has 1 aromatic carbocycles. The molecule has 1 atom stereocenters. The number of aliphatic hydroxyl groups excluding tert-OH is 1. The second kappa shape index (κ2) is 5.08. The summed E-state index contributed by atoms with van der Waals surface area (Å²) in [5.74, 6) is 2.50. The smallest absolute Gasteiger partial charge is 0.361 e. The van der Waals surface area contributed by atoms with E-state index in [-0.39, 0.29) is 11.9 Å². The van der Waals surface area contributed by atoms with Gasteiger partial charge in [0, 0.05) is 0 Å². The highest BCUT2D eigenvalue weighted by Crippen LogP contribution is 2.65. The zero-order valence-electron chi connectivity index (χ0n) is 12.4. The van der Waals surface area contributed by atoms with Gasteiger partial charge in [0.1, 0.15) is 18.3 Å². The Labute approximate surface area is 129 Å². The first-order chi connectivity index (χ1) is 10.1. The van der Waals surface area contributed by atoms with Crippen LogP contribution in [-0.2, 0) is 4.52 Å². The monoisotopic (exact) mass is 301 g/mol. The van der Waals surface area contributed by atoms with Crippen LogP contribution >= 0.6 is 7.37 Å². The average molecular weight is 301 g/mol. The molecule has 21 heavy (non-hydrogen) atoms. The van der Waals surface area contributed by atoms with Crippen molar-refractivity contribution in [2.24, 2.45) is 17.8 Å². The van der Waals surface area contributed by atoms with E-state index in [1.165, 1.54) is 19.3 Å². The third-order valence-electron chi connectivity index (χ3n) is 5.74. The zero-order valence-corrected chi connectivity index (χ0v) is 13.3. The summed E-state index contributed by atoms with van der Waals surface area (Å²) in [5, 5.41) is 10.9. The summed E-state index contributed by atoms with van der Waals surface area (Å²) < 4.78 is 6.61. The Kier molecular flexibility index (Phi) is 3.45. The molecular formula is C17H23BO2P+. The van der Waals surface area contributed by atoms with E-state index in [9.17, 15) is 5.11 Å². The molecule has 0 saturated heterocycles. The summed E-state index contributed by atoms with van der Waals surface area (Å²) in [6.07, 6.45) is 7.59. The van der Waals surface area contributed by atoms with Gasteiger partial charge in [0.25, 0.3) is 0 Å². The summed E-state index contributed by atoms with van der Waals surface area (Å²) >= 11 is 0. The molecule has 0 amide bonds. The molecule has 4 saturated carbocycles. The molecule has 2 radical (unpaired) electrons. The van der Waals surface area contributed by atoms with Crippen molar-refractivity contribution in [2.75, 3.05) is 6.35 Å². The van der Waals surface area contributed by atoms with Crippen LogP contribution in [0.1, 0.15) is 38.5 Å². The SMILES string of the molecule is [B][P+](CO)(OC12CC3CC(CC(C3)C1)C2)c1ccccc1. The van der Waals surface area contributed by atoms with Crippen LogP contribution in [0.2, 0.25) is 0 Å². The fourth-order valence-electron chi connectivity index (χ4n) is 5.33. The maximum Gasteiger partial charge on any atom is 0.411 e. The molecule has 1 N–H and O–H groups in total. The number of aliphatic hydroxyl groups is 1. The highest BCUT2D eigenvalue weighted by atomic mass is 31.2. The van der Waals surface area contributed by atoms with Crippen LogP contribution in [0.4, 0.5) is 0 Å². The zero-order chi connectivity index (χ0) is 14.5. The van der Waals surface area contributed by atoms with Gasteiger partial charge >= 0.3 is 7.57 Å². The van der Waals surface area contributed by atoms with E-state index in [1.54, 1.807) is 0 Å². The minimum Gasteiger partial charge on any atom is -0.361 e. The Hall–Kier alpha value is -0.365. The van der Waals surface area contributed by atoms with E-state index in [2.05, 4.69) is 0 Å². The van der Waals surface area contributed by atoms with Crippen LogP contribution in [0, 0.1) is 17.8 Å². The van der Waals surface area contributed by atoms with E-state index in [0.29, 0.717) is 0 Å². The Morgan fingerprint density at radius 1 is 1.05 bits per heavy atom. The van der Waals surface area contributed by atoms with Crippen molar-refractivity contribution in [3.63, 3.8) is 0 Å². The summed E-state index contributed by atoms with van der Waals surface area (Å²) in [6.45, 7) is 0. The van der Waals surface area contributed by atoms with Crippen molar-refractivity contribution in [1.29, 1.82) is 0 Å². The Morgan fingerprint density at radius 2 is 1.57 bits per heavy atom.